The van der Waals surface area contributed by atoms with Gasteiger partial charge in [0, 0.05) is 6.54 Å². The van der Waals surface area contributed by atoms with Crippen molar-refractivity contribution in [2.45, 2.75) is 19.3 Å². The van der Waals surface area contributed by atoms with Crippen LogP contribution >= 0.6 is 11.6 Å². The van der Waals surface area contributed by atoms with E-state index in [0.29, 0.717) is 18.2 Å². The molecule has 0 bridgehead atoms. The molecule has 2 N–H and O–H groups in total. The number of methoxy groups -OCH3 is 1. The zero-order chi connectivity index (χ0) is 15.2. The van der Waals surface area contributed by atoms with E-state index in [1.807, 2.05) is 12.1 Å². The molecule has 1 atom stereocenters. The van der Waals surface area contributed by atoms with Crippen molar-refractivity contribution >= 4 is 17.3 Å². The van der Waals surface area contributed by atoms with E-state index in [1.165, 1.54) is 11.8 Å². The first-order valence-electron chi connectivity index (χ1n) is 6.73. The summed E-state index contributed by atoms with van der Waals surface area (Å²) in [5.41, 5.74) is 1.42. The van der Waals surface area contributed by atoms with Gasteiger partial charge in [-0.3, -0.25) is 4.79 Å². The highest BCUT2D eigenvalue weighted by molar-refractivity contribution is 6.32. The second kappa shape index (κ2) is 7.13. The summed E-state index contributed by atoms with van der Waals surface area (Å²) in [6, 6.07) is 8.03. The molecule has 2 aromatic rings. The molecule has 0 aliphatic rings. The first-order chi connectivity index (χ1) is 10.1. The number of benzene rings is 1. The van der Waals surface area contributed by atoms with Crippen LogP contribution in [0.1, 0.15) is 24.8 Å². The lowest BCUT2D eigenvalue weighted by molar-refractivity contribution is 0.414. The molecule has 0 radical (unpaired) electrons. The Kier molecular flexibility index (Phi) is 5.22. The number of H-pyrrole nitrogens is 1. The minimum atomic E-state index is -0.384. The van der Waals surface area contributed by atoms with Crippen LogP contribution in [0.3, 0.4) is 0 Å². The predicted octanol–water partition coefficient (Wildman–Crippen LogP) is 3.04. The lowest BCUT2D eigenvalue weighted by Crippen LogP contribution is -2.13. The van der Waals surface area contributed by atoms with E-state index in [-0.39, 0.29) is 10.6 Å². The quantitative estimate of drug-likeness (QED) is 0.861. The summed E-state index contributed by atoms with van der Waals surface area (Å²) in [6.45, 7) is 2.86. The fourth-order valence-electron chi connectivity index (χ4n) is 2.03. The van der Waals surface area contributed by atoms with Crippen LogP contribution in [0.2, 0.25) is 5.02 Å². The van der Waals surface area contributed by atoms with Crippen molar-refractivity contribution in [1.82, 2.24) is 10.2 Å². The fourth-order valence-corrected chi connectivity index (χ4v) is 2.19. The zero-order valence-electron chi connectivity index (χ0n) is 12.0. The van der Waals surface area contributed by atoms with Gasteiger partial charge in [-0.25, -0.2) is 5.10 Å². The van der Waals surface area contributed by atoms with E-state index in [2.05, 4.69) is 34.6 Å². The third kappa shape index (κ3) is 3.98. The van der Waals surface area contributed by atoms with Gasteiger partial charge in [0.15, 0.2) is 0 Å². The molecule has 0 saturated heterocycles. The first kappa shape index (κ1) is 15.4. The maximum Gasteiger partial charge on any atom is 0.285 e. The van der Waals surface area contributed by atoms with E-state index >= 15 is 0 Å². The van der Waals surface area contributed by atoms with Crippen LogP contribution in [0.15, 0.2) is 35.3 Å². The Balaban J connectivity index is 1.90. The van der Waals surface area contributed by atoms with Crippen molar-refractivity contribution in [3.63, 3.8) is 0 Å². The Morgan fingerprint density at radius 3 is 2.76 bits per heavy atom. The average Bonchev–Trinajstić information content (AvgIpc) is 2.51. The number of aromatic amines is 1. The van der Waals surface area contributed by atoms with E-state index in [4.69, 9.17) is 16.3 Å². The Hall–Kier alpha value is -2.01. The molecule has 0 saturated carbocycles. The van der Waals surface area contributed by atoms with E-state index in [9.17, 15) is 4.79 Å². The highest BCUT2D eigenvalue weighted by atomic mass is 35.5. The lowest BCUT2D eigenvalue weighted by atomic mass is 9.98. The summed E-state index contributed by atoms with van der Waals surface area (Å²) < 4.78 is 5.15. The molecule has 5 nitrogen and oxygen atoms in total. The molecule has 0 amide bonds. The first-order valence-corrected chi connectivity index (χ1v) is 7.10. The lowest BCUT2D eigenvalue weighted by Gasteiger charge is -2.13. The molecule has 6 heteroatoms. The summed E-state index contributed by atoms with van der Waals surface area (Å²) in [4.78, 5) is 11.3. The maximum absolute atomic E-state index is 11.3. The van der Waals surface area contributed by atoms with Gasteiger partial charge < -0.3 is 10.1 Å². The number of ether oxygens (including phenoxy) is 1. The van der Waals surface area contributed by atoms with Crippen LogP contribution in [-0.2, 0) is 0 Å². The fraction of sp³-hybridized carbons (Fsp3) is 0.333. The van der Waals surface area contributed by atoms with Gasteiger partial charge >= 0.3 is 0 Å². The van der Waals surface area contributed by atoms with E-state index in [0.717, 1.165) is 12.2 Å². The van der Waals surface area contributed by atoms with Gasteiger partial charge in [-0.05, 0) is 30.0 Å². The van der Waals surface area contributed by atoms with E-state index in [1.54, 1.807) is 7.11 Å². The number of halogens is 1. The molecule has 2 rings (SSSR count). The molecule has 1 heterocycles. The SMILES string of the molecule is COc1ccc(C(C)CCNc2cn[nH]c(=O)c2Cl)cc1. The van der Waals surface area contributed by atoms with Gasteiger partial charge in [0.05, 0.1) is 19.0 Å². The molecule has 0 spiro atoms. The Morgan fingerprint density at radius 1 is 1.38 bits per heavy atom. The number of hydrogen-bond acceptors (Lipinski definition) is 4. The number of anilines is 1. The van der Waals surface area contributed by atoms with Gasteiger partial charge in [-0.2, -0.15) is 5.10 Å². The molecule has 0 aliphatic carbocycles. The zero-order valence-corrected chi connectivity index (χ0v) is 12.8. The van der Waals surface area contributed by atoms with Crippen LogP contribution in [0.5, 0.6) is 5.75 Å². The summed E-state index contributed by atoms with van der Waals surface area (Å²) in [5, 5.41) is 9.29. The summed E-state index contributed by atoms with van der Waals surface area (Å²) in [7, 11) is 1.65. The van der Waals surface area contributed by atoms with Crippen molar-refractivity contribution in [1.29, 1.82) is 0 Å². The normalized spacial score (nSPS) is 12.0. The third-order valence-electron chi connectivity index (χ3n) is 3.37. The third-order valence-corrected chi connectivity index (χ3v) is 3.75. The minimum absolute atomic E-state index is 0.141. The van der Waals surface area contributed by atoms with Crippen LogP contribution in [0, 0.1) is 0 Å². The number of aromatic nitrogens is 2. The summed E-state index contributed by atoms with van der Waals surface area (Å²) in [5.74, 6) is 1.24. The number of rotatable bonds is 6. The summed E-state index contributed by atoms with van der Waals surface area (Å²) in [6.07, 6.45) is 2.43. The highest BCUT2D eigenvalue weighted by Gasteiger charge is 2.08. The van der Waals surface area contributed by atoms with Crippen LogP contribution in [0.25, 0.3) is 0 Å². The number of hydrogen-bond donors (Lipinski definition) is 2. The van der Waals surface area contributed by atoms with Crippen molar-refractivity contribution in [3.8, 4) is 5.75 Å². The van der Waals surface area contributed by atoms with Crippen LogP contribution < -0.4 is 15.6 Å². The monoisotopic (exact) mass is 307 g/mol. The van der Waals surface area contributed by atoms with Gasteiger partial charge in [0.25, 0.3) is 5.56 Å². The molecule has 0 fully saturated rings. The molecule has 112 valence electrons. The Morgan fingerprint density at radius 2 is 2.10 bits per heavy atom. The average molecular weight is 308 g/mol. The van der Waals surface area contributed by atoms with Crippen LogP contribution in [-0.4, -0.2) is 23.9 Å². The largest absolute Gasteiger partial charge is 0.497 e. The Labute approximate surface area is 128 Å². The summed E-state index contributed by atoms with van der Waals surface area (Å²) >= 11 is 5.90. The topological polar surface area (TPSA) is 67.0 Å². The highest BCUT2D eigenvalue weighted by Crippen LogP contribution is 2.22. The second-order valence-corrected chi connectivity index (χ2v) is 5.19. The van der Waals surface area contributed by atoms with Gasteiger partial charge in [0.2, 0.25) is 0 Å². The van der Waals surface area contributed by atoms with Crippen molar-refractivity contribution < 1.29 is 4.74 Å². The number of nitrogens with zero attached hydrogens (tertiary/aromatic N) is 1. The minimum Gasteiger partial charge on any atom is -0.497 e. The predicted molar refractivity (Wildman–Crippen MR) is 84.4 cm³/mol. The smallest absolute Gasteiger partial charge is 0.285 e. The molecule has 21 heavy (non-hydrogen) atoms. The van der Waals surface area contributed by atoms with Crippen molar-refractivity contribution in [2.24, 2.45) is 0 Å². The van der Waals surface area contributed by atoms with Crippen LogP contribution in [0.4, 0.5) is 5.69 Å². The van der Waals surface area contributed by atoms with Crippen molar-refractivity contribution in [2.75, 3.05) is 19.0 Å². The molecule has 1 aromatic carbocycles. The molecular weight excluding hydrogens is 290 g/mol. The van der Waals surface area contributed by atoms with Crippen molar-refractivity contribution in [3.05, 3.63) is 51.4 Å². The van der Waals surface area contributed by atoms with Gasteiger partial charge in [-0.1, -0.05) is 30.7 Å². The molecule has 1 aromatic heterocycles. The van der Waals surface area contributed by atoms with Gasteiger partial charge in [-0.15, -0.1) is 0 Å². The molecular formula is C15H18ClN3O2. The number of nitrogens with one attached hydrogen (secondary N) is 2. The Bertz CT molecular complexity index is 640. The second-order valence-electron chi connectivity index (χ2n) is 4.82. The molecule has 1 unspecified atom stereocenters. The maximum atomic E-state index is 11.3. The van der Waals surface area contributed by atoms with E-state index < -0.39 is 0 Å². The standard InChI is InChI=1S/C15H18ClN3O2/c1-10(11-3-5-12(21-2)6-4-11)7-8-17-13-9-18-19-15(20)14(13)16/h3-6,9-10H,7-8H2,1-2H3,(H2,17,19,20). The molecule has 0 aliphatic heterocycles. The van der Waals surface area contributed by atoms with Gasteiger partial charge in [0.1, 0.15) is 10.8 Å².